The summed E-state index contributed by atoms with van der Waals surface area (Å²) >= 11 is 0. The minimum Gasteiger partial charge on any atom is -0.382 e. The summed E-state index contributed by atoms with van der Waals surface area (Å²) in [6.07, 6.45) is 6.15. The number of anilines is 1. The van der Waals surface area contributed by atoms with Gasteiger partial charge in [0.25, 0.3) is 0 Å². The summed E-state index contributed by atoms with van der Waals surface area (Å²) in [5, 5.41) is 9.43. The molecule has 1 aliphatic rings. The minimum atomic E-state index is 0.602. The third kappa shape index (κ3) is 2.39. The molecule has 0 atom stereocenters. The van der Waals surface area contributed by atoms with Crippen LogP contribution in [0.2, 0.25) is 0 Å². The van der Waals surface area contributed by atoms with Crippen LogP contribution in [0.25, 0.3) is 10.8 Å². The molecule has 3 rings (SSSR count). The van der Waals surface area contributed by atoms with Crippen LogP contribution in [0.5, 0.6) is 0 Å². The van der Waals surface area contributed by atoms with Gasteiger partial charge in [-0.2, -0.15) is 0 Å². The van der Waals surface area contributed by atoms with Crippen LogP contribution in [-0.2, 0) is 0 Å². The van der Waals surface area contributed by atoms with Crippen molar-refractivity contribution >= 4 is 16.5 Å². The van der Waals surface area contributed by atoms with Crippen molar-refractivity contribution in [1.82, 2.24) is 10.3 Å². The van der Waals surface area contributed by atoms with Crippen molar-refractivity contribution < 1.29 is 0 Å². The van der Waals surface area contributed by atoms with Crippen LogP contribution >= 0.6 is 0 Å². The van der Waals surface area contributed by atoms with Gasteiger partial charge in [-0.15, -0.1) is 0 Å². The number of rotatable bonds is 2. The standard InChI is InChI=1S/C14H17N3/c1-2-14(17-13-4-7-15-8-5-13)9-12-10-16-6-3-11(1)12/h1-3,6,9-10,13,15,17H,4-5,7-8H2. The van der Waals surface area contributed by atoms with Gasteiger partial charge >= 0.3 is 0 Å². The molecule has 3 heteroatoms. The Bertz CT molecular complexity index is 504. The Hall–Kier alpha value is -1.61. The number of benzene rings is 1. The summed E-state index contributed by atoms with van der Waals surface area (Å²) in [6, 6.07) is 9.14. The average molecular weight is 227 g/mol. The number of fused-ring (bicyclic) bond motifs is 1. The molecular weight excluding hydrogens is 210 g/mol. The highest BCUT2D eigenvalue weighted by Crippen LogP contribution is 2.20. The second-order valence-electron chi connectivity index (χ2n) is 4.61. The van der Waals surface area contributed by atoms with Crippen LogP contribution < -0.4 is 10.6 Å². The van der Waals surface area contributed by atoms with E-state index in [1.165, 1.54) is 29.3 Å². The fourth-order valence-corrected chi connectivity index (χ4v) is 2.38. The third-order valence-corrected chi connectivity index (χ3v) is 3.35. The van der Waals surface area contributed by atoms with Gasteiger partial charge in [0.2, 0.25) is 0 Å². The molecule has 0 amide bonds. The molecule has 0 spiro atoms. The van der Waals surface area contributed by atoms with Crippen molar-refractivity contribution in [2.24, 2.45) is 0 Å². The van der Waals surface area contributed by atoms with Crippen LogP contribution in [-0.4, -0.2) is 24.1 Å². The molecule has 0 radical (unpaired) electrons. The largest absolute Gasteiger partial charge is 0.382 e. The molecule has 1 aromatic heterocycles. The molecule has 1 aromatic carbocycles. The number of pyridine rings is 1. The second-order valence-corrected chi connectivity index (χ2v) is 4.61. The molecule has 2 N–H and O–H groups in total. The van der Waals surface area contributed by atoms with Crippen molar-refractivity contribution in [3.63, 3.8) is 0 Å². The molecule has 0 bridgehead atoms. The fourth-order valence-electron chi connectivity index (χ4n) is 2.38. The zero-order valence-corrected chi connectivity index (χ0v) is 9.82. The summed E-state index contributed by atoms with van der Waals surface area (Å²) in [6.45, 7) is 2.24. The van der Waals surface area contributed by atoms with Gasteiger partial charge in [0.1, 0.15) is 0 Å². The van der Waals surface area contributed by atoms with Crippen molar-refractivity contribution in [3.05, 3.63) is 36.7 Å². The highest BCUT2D eigenvalue weighted by Gasteiger charge is 2.12. The zero-order valence-electron chi connectivity index (χ0n) is 9.82. The van der Waals surface area contributed by atoms with Crippen LogP contribution in [0.4, 0.5) is 5.69 Å². The van der Waals surface area contributed by atoms with Crippen LogP contribution in [0.1, 0.15) is 12.8 Å². The van der Waals surface area contributed by atoms with Gasteiger partial charge in [-0.05, 0) is 49.5 Å². The Kier molecular flexibility index (Phi) is 2.92. The van der Waals surface area contributed by atoms with Crippen LogP contribution in [0.3, 0.4) is 0 Å². The van der Waals surface area contributed by atoms with Crippen molar-refractivity contribution in [2.75, 3.05) is 18.4 Å². The van der Waals surface area contributed by atoms with Crippen molar-refractivity contribution in [1.29, 1.82) is 0 Å². The summed E-state index contributed by atoms with van der Waals surface area (Å²) in [7, 11) is 0. The molecule has 0 saturated carbocycles. The second kappa shape index (κ2) is 4.72. The monoisotopic (exact) mass is 227 g/mol. The zero-order chi connectivity index (χ0) is 11.5. The first-order valence-corrected chi connectivity index (χ1v) is 6.23. The predicted molar refractivity (Wildman–Crippen MR) is 71.3 cm³/mol. The average Bonchev–Trinajstić information content (AvgIpc) is 2.40. The third-order valence-electron chi connectivity index (χ3n) is 3.35. The van der Waals surface area contributed by atoms with Gasteiger partial charge < -0.3 is 10.6 Å². The molecule has 88 valence electrons. The van der Waals surface area contributed by atoms with Gasteiger partial charge in [0.15, 0.2) is 0 Å². The lowest BCUT2D eigenvalue weighted by Gasteiger charge is -2.24. The lowest BCUT2D eigenvalue weighted by Crippen LogP contribution is -2.35. The SMILES string of the molecule is c1cc2ccc(NC3CCNCC3)cc2cn1. The van der Waals surface area contributed by atoms with E-state index >= 15 is 0 Å². The Balaban J connectivity index is 1.80. The predicted octanol–water partition coefficient (Wildman–Crippen LogP) is 2.40. The van der Waals surface area contributed by atoms with Gasteiger partial charge in [0, 0.05) is 29.5 Å². The van der Waals surface area contributed by atoms with Gasteiger partial charge in [0.05, 0.1) is 0 Å². The Morgan fingerprint density at radius 2 is 2.00 bits per heavy atom. The molecule has 1 aliphatic heterocycles. The van der Waals surface area contributed by atoms with Crippen LogP contribution in [0.15, 0.2) is 36.7 Å². The quantitative estimate of drug-likeness (QED) is 0.827. The number of aromatic nitrogens is 1. The Morgan fingerprint density at radius 1 is 1.12 bits per heavy atom. The molecule has 3 nitrogen and oxygen atoms in total. The maximum absolute atomic E-state index is 4.16. The highest BCUT2D eigenvalue weighted by molar-refractivity contribution is 5.84. The van der Waals surface area contributed by atoms with Gasteiger partial charge in [-0.1, -0.05) is 6.07 Å². The van der Waals surface area contributed by atoms with Crippen molar-refractivity contribution in [3.8, 4) is 0 Å². The maximum Gasteiger partial charge on any atom is 0.0349 e. The van der Waals surface area contributed by atoms with Gasteiger partial charge in [-0.25, -0.2) is 0 Å². The normalized spacial score (nSPS) is 17.2. The summed E-state index contributed by atoms with van der Waals surface area (Å²) in [4.78, 5) is 4.16. The number of piperidine rings is 1. The van der Waals surface area contributed by atoms with E-state index in [0.29, 0.717) is 6.04 Å². The molecule has 0 aliphatic carbocycles. The van der Waals surface area contributed by atoms with Crippen LogP contribution in [0, 0.1) is 0 Å². The molecule has 17 heavy (non-hydrogen) atoms. The smallest absolute Gasteiger partial charge is 0.0349 e. The lowest BCUT2D eigenvalue weighted by atomic mass is 10.1. The molecule has 0 unspecified atom stereocenters. The molecule has 1 fully saturated rings. The lowest BCUT2D eigenvalue weighted by molar-refractivity contribution is 0.479. The molecule has 2 heterocycles. The fraction of sp³-hybridized carbons (Fsp3) is 0.357. The molecule has 2 aromatic rings. The topological polar surface area (TPSA) is 37.0 Å². The first-order chi connectivity index (χ1) is 8.42. The first kappa shape index (κ1) is 10.5. The van der Waals surface area contributed by atoms with E-state index in [-0.39, 0.29) is 0 Å². The van der Waals surface area contributed by atoms with E-state index in [2.05, 4.69) is 33.8 Å². The highest BCUT2D eigenvalue weighted by atomic mass is 15.0. The summed E-state index contributed by atoms with van der Waals surface area (Å²) in [5.74, 6) is 0. The summed E-state index contributed by atoms with van der Waals surface area (Å²) in [5.41, 5.74) is 1.21. The number of nitrogens with one attached hydrogen (secondary N) is 2. The van der Waals surface area contributed by atoms with Gasteiger partial charge in [-0.3, -0.25) is 4.98 Å². The molecule has 1 saturated heterocycles. The Labute approximate surface area is 101 Å². The van der Waals surface area contributed by atoms with E-state index < -0.39 is 0 Å². The maximum atomic E-state index is 4.16. The summed E-state index contributed by atoms with van der Waals surface area (Å²) < 4.78 is 0. The molecular formula is C14H17N3. The van der Waals surface area contributed by atoms with E-state index in [1.807, 2.05) is 18.5 Å². The minimum absolute atomic E-state index is 0.602. The van der Waals surface area contributed by atoms with E-state index in [0.717, 1.165) is 13.1 Å². The van der Waals surface area contributed by atoms with E-state index in [1.54, 1.807) is 0 Å². The number of nitrogens with zero attached hydrogens (tertiary/aromatic N) is 1. The number of hydrogen-bond donors (Lipinski definition) is 2. The Morgan fingerprint density at radius 3 is 2.88 bits per heavy atom. The van der Waals surface area contributed by atoms with Crippen molar-refractivity contribution in [2.45, 2.75) is 18.9 Å². The van der Waals surface area contributed by atoms with E-state index in [4.69, 9.17) is 0 Å². The number of hydrogen-bond acceptors (Lipinski definition) is 3. The first-order valence-electron chi connectivity index (χ1n) is 6.23. The van der Waals surface area contributed by atoms with E-state index in [9.17, 15) is 0 Å².